The average Bonchev–Trinajstić information content (AvgIpc) is 3.06. The molecule has 0 unspecified atom stereocenters. The van der Waals surface area contributed by atoms with E-state index in [2.05, 4.69) is 15.3 Å². The lowest BCUT2D eigenvalue weighted by Gasteiger charge is -2.08. The molecule has 0 aliphatic carbocycles. The van der Waals surface area contributed by atoms with Crippen molar-refractivity contribution >= 4 is 56.5 Å². The van der Waals surface area contributed by atoms with Gasteiger partial charge in [-0.05, 0) is 37.1 Å². The number of hydrogen-bond donors (Lipinski definition) is 2. The molecule has 0 aliphatic heterocycles. The Kier molecular flexibility index (Phi) is 5.94. The molecule has 8 heteroatoms. The standard InChI is InChI=1S/C22H18ClN3O2S2/c1-12-8-9-15(23)10-16(12)24-17(27)11-29-22-25-20(28)19-18(13(2)30-21(19)26-22)14-6-4-3-5-7-14/h3-10H,11H2,1-2H3,(H,24,27)(H,25,26,28). The molecule has 4 rings (SSSR count). The Labute approximate surface area is 186 Å². The van der Waals surface area contributed by atoms with Crippen molar-refractivity contribution in [3.8, 4) is 11.1 Å². The second-order valence-electron chi connectivity index (χ2n) is 6.75. The number of nitrogens with one attached hydrogen (secondary N) is 2. The van der Waals surface area contributed by atoms with Crippen molar-refractivity contribution in [3.05, 3.63) is 74.3 Å². The molecule has 0 aliphatic rings. The minimum Gasteiger partial charge on any atom is -0.325 e. The van der Waals surface area contributed by atoms with E-state index in [1.165, 1.54) is 23.1 Å². The van der Waals surface area contributed by atoms with Gasteiger partial charge < -0.3 is 10.3 Å². The van der Waals surface area contributed by atoms with Crippen molar-refractivity contribution in [2.75, 3.05) is 11.1 Å². The summed E-state index contributed by atoms with van der Waals surface area (Å²) >= 11 is 8.68. The monoisotopic (exact) mass is 455 g/mol. The van der Waals surface area contributed by atoms with E-state index in [-0.39, 0.29) is 17.2 Å². The normalized spacial score (nSPS) is 11.0. The van der Waals surface area contributed by atoms with Crippen molar-refractivity contribution in [2.24, 2.45) is 0 Å². The van der Waals surface area contributed by atoms with Crippen LogP contribution in [0.2, 0.25) is 5.02 Å². The number of H-pyrrole nitrogens is 1. The number of amides is 1. The molecule has 2 N–H and O–H groups in total. The third kappa shape index (κ3) is 4.28. The van der Waals surface area contributed by atoms with E-state index in [0.29, 0.717) is 26.1 Å². The van der Waals surface area contributed by atoms with Gasteiger partial charge in [0.2, 0.25) is 5.91 Å². The summed E-state index contributed by atoms with van der Waals surface area (Å²) in [6.07, 6.45) is 0. The van der Waals surface area contributed by atoms with Gasteiger partial charge in [0, 0.05) is 21.2 Å². The summed E-state index contributed by atoms with van der Waals surface area (Å²) in [7, 11) is 0. The van der Waals surface area contributed by atoms with Gasteiger partial charge in [-0.1, -0.05) is 59.8 Å². The first-order valence-electron chi connectivity index (χ1n) is 9.20. The molecule has 0 fully saturated rings. The predicted molar refractivity (Wildman–Crippen MR) is 126 cm³/mol. The van der Waals surface area contributed by atoms with Crippen molar-refractivity contribution < 1.29 is 4.79 Å². The number of thiophene rings is 1. The number of halogens is 1. The van der Waals surface area contributed by atoms with Gasteiger partial charge in [-0.3, -0.25) is 9.59 Å². The smallest absolute Gasteiger partial charge is 0.260 e. The first-order valence-corrected chi connectivity index (χ1v) is 11.4. The van der Waals surface area contributed by atoms with Crippen molar-refractivity contribution in [1.29, 1.82) is 0 Å². The first kappa shape index (κ1) is 20.7. The van der Waals surface area contributed by atoms with Crippen molar-refractivity contribution in [3.63, 3.8) is 0 Å². The number of aryl methyl sites for hydroxylation is 2. The molecule has 2 heterocycles. The molecular weight excluding hydrogens is 438 g/mol. The van der Waals surface area contributed by atoms with Gasteiger partial charge in [-0.25, -0.2) is 4.98 Å². The van der Waals surface area contributed by atoms with Crippen LogP contribution in [0.15, 0.2) is 58.5 Å². The number of nitrogens with zero attached hydrogens (tertiary/aromatic N) is 1. The van der Waals surface area contributed by atoms with Crippen LogP contribution in [0.1, 0.15) is 10.4 Å². The summed E-state index contributed by atoms with van der Waals surface area (Å²) in [5.41, 5.74) is 3.30. The number of thioether (sulfide) groups is 1. The van der Waals surface area contributed by atoms with Crippen LogP contribution < -0.4 is 10.9 Å². The third-order valence-corrected chi connectivity index (χ3v) is 6.70. The average molecular weight is 456 g/mol. The molecule has 0 bridgehead atoms. The summed E-state index contributed by atoms with van der Waals surface area (Å²) in [5, 5.41) is 4.42. The molecule has 0 atom stereocenters. The fourth-order valence-corrected chi connectivity index (χ4v) is 5.11. The maximum absolute atomic E-state index is 12.8. The topological polar surface area (TPSA) is 74.8 Å². The van der Waals surface area contributed by atoms with Gasteiger partial charge in [0.15, 0.2) is 5.16 Å². The minimum atomic E-state index is -0.197. The van der Waals surface area contributed by atoms with Crippen LogP contribution in [0.25, 0.3) is 21.3 Å². The second-order valence-corrected chi connectivity index (χ2v) is 9.35. The van der Waals surface area contributed by atoms with Crippen LogP contribution in [0.4, 0.5) is 5.69 Å². The summed E-state index contributed by atoms with van der Waals surface area (Å²) in [5.74, 6) is -0.0727. The van der Waals surface area contributed by atoms with Crippen LogP contribution in [-0.4, -0.2) is 21.6 Å². The Hall–Kier alpha value is -2.61. The fourth-order valence-electron chi connectivity index (χ4n) is 3.17. The second kappa shape index (κ2) is 8.63. The van der Waals surface area contributed by atoms with Gasteiger partial charge in [-0.15, -0.1) is 11.3 Å². The third-order valence-electron chi connectivity index (χ3n) is 4.59. The number of aromatic nitrogens is 2. The first-order chi connectivity index (χ1) is 14.4. The van der Waals surface area contributed by atoms with E-state index in [9.17, 15) is 9.59 Å². The number of hydrogen-bond acceptors (Lipinski definition) is 5. The van der Waals surface area contributed by atoms with E-state index in [1.807, 2.05) is 50.2 Å². The lowest BCUT2D eigenvalue weighted by molar-refractivity contribution is -0.113. The molecule has 152 valence electrons. The molecule has 1 amide bonds. The number of anilines is 1. The summed E-state index contributed by atoms with van der Waals surface area (Å²) < 4.78 is 0. The van der Waals surface area contributed by atoms with Crippen molar-refractivity contribution in [1.82, 2.24) is 9.97 Å². The molecule has 0 saturated heterocycles. The molecule has 0 saturated carbocycles. The highest BCUT2D eigenvalue weighted by atomic mass is 35.5. The van der Waals surface area contributed by atoms with Gasteiger partial charge in [0.25, 0.3) is 5.56 Å². The predicted octanol–water partition coefficient (Wildman–Crippen LogP) is 5.65. The Morgan fingerprint density at radius 1 is 1.20 bits per heavy atom. The fraction of sp³-hybridized carbons (Fsp3) is 0.136. The quantitative estimate of drug-likeness (QED) is 0.301. The van der Waals surface area contributed by atoms with Crippen LogP contribution >= 0.6 is 34.7 Å². The van der Waals surface area contributed by atoms with E-state index < -0.39 is 0 Å². The van der Waals surface area contributed by atoms with Crippen LogP contribution in [-0.2, 0) is 4.79 Å². The Bertz CT molecular complexity index is 1300. The van der Waals surface area contributed by atoms with Gasteiger partial charge in [-0.2, -0.15) is 0 Å². The Morgan fingerprint density at radius 3 is 2.73 bits per heavy atom. The number of carbonyl (C=O) groups is 1. The lowest BCUT2D eigenvalue weighted by atomic mass is 10.0. The van der Waals surface area contributed by atoms with Crippen LogP contribution in [0, 0.1) is 13.8 Å². The number of benzene rings is 2. The van der Waals surface area contributed by atoms with Gasteiger partial charge in [0.05, 0.1) is 11.1 Å². The van der Waals surface area contributed by atoms with Crippen LogP contribution in [0.5, 0.6) is 0 Å². The number of fused-ring (bicyclic) bond motifs is 1. The molecule has 0 spiro atoms. The number of rotatable bonds is 5. The van der Waals surface area contributed by atoms with Gasteiger partial charge >= 0.3 is 0 Å². The molecule has 0 radical (unpaired) electrons. The molecule has 30 heavy (non-hydrogen) atoms. The minimum absolute atomic E-state index is 0.121. The van der Waals surface area contributed by atoms with E-state index in [1.54, 1.807) is 12.1 Å². The molecule has 2 aromatic carbocycles. The number of aromatic amines is 1. The maximum atomic E-state index is 12.8. The highest BCUT2D eigenvalue weighted by Crippen LogP contribution is 2.35. The number of carbonyl (C=O) groups excluding carboxylic acids is 1. The summed E-state index contributed by atoms with van der Waals surface area (Å²) in [6, 6.07) is 15.2. The molecule has 2 aromatic heterocycles. The summed E-state index contributed by atoms with van der Waals surface area (Å²) in [4.78, 5) is 34.3. The maximum Gasteiger partial charge on any atom is 0.260 e. The summed E-state index contributed by atoms with van der Waals surface area (Å²) in [6.45, 7) is 3.89. The Morgan fingerprint density at radius 2 is 1.97 bits per heavy atom. The van der Waals surface area contributed by atoms with Crippen LogP contribution in [0.3, 0.4) is 0 Å². The van der Waals surface area contributed by atoms with E-state index in [0.717, 1.165) is 21.6 Å². The highest BCUT2D eigenvalue weighted by molar-refractivity contribution is 7.99. The van der Waals surface area contributed by atoms with Gasteiger partial charge in [0.1, 0.15) is 4.83 Å². The Balaban J connectivity index is 1.55. The SMILES string of the molecule is Cc1ccc(Cl)cc1NC(=O)CSc1nc2sc(C)c(-c3ccccc3)c2c(=O)[nH]1. The molecule has 4 aromatic rings. The van der Waals surface area contributed by atoms with E-state index in [4.69, 9.17) is 11.6 Å². The molecule has 5 nitrogen and oxygen atoms in total. The zero-order valence-corrected chi connectivity index (χ0v) is 18.7. The zero-order valence-electron chi connectivity index (χ0n) is 16.3. The van der Waals surface area contributed by atoms with Crippen molar-refractivity contribution in [2.45, 2.75) is 19.0 Å². The highest BCUT2D eigenvalue weighted by Gasteiger charge is 2.17. The lowest BCUT2D eigenvalue weighted by Crippen LogP contribution is -2.16. The molecular formula is C22H18ClN3O2S2. The van der Waals surface area contributed by atoms with E-state index >= 15 is 0 Å². The largest absolute Gasteiger partial charge is 0.325 e. The zero-order chi connectivity index (χ0) is 21.3.